The highest BCUT2D eigenvalue weighted by molar-refractivity contribution is 7.89. The molecule has 0 aliphatic heterocycles. The van der Waals surface area contributed by atoms with E-state index in [-0.39, 0.29) is 18.0 Å². The molecule has 0 unspecified atom stereocenters. The second-order valence-electron chi connectivity index (χ2n) is 3.34. The van der Waals surface area contributed by atoms with Crippen LogP contribution in [0.4, 0.5) is 0 Å². The Kier molecular flexibility index (Phi) is 5.14. The van der Waals surface area contributed by atoms with Gasteiger partial charge in [-0.2, -0.15) is 5.26 Å². The predicted molar refractivity (Wildman–Crippen MR) is 65.0 cm³/mol. The summed E-state index contributed by atoms with van der Waals surface area (Å²) in [4.78, 5) is 2.67. The molecule has 1 N–H and O–H groups in total. The minimum absolute atomic E-state index is 0.102. The average Bonchev–Trinajstić information content (AvgIpc) is 2.38. The molecule has 0 spiro atoms. The summed E-state index contributed by atoms with van der Waals surface area (Å²) in [5, 5.41) is 11.9. The van der Waals surface area contributed by atoms with Crippen molar-refractivity contribution in [3.8, 4) is 6.07 Å². The monoisotopic (exact) mass is 265 g/mol. The fourth-order valence-electron chi connectivity index (χ4n) is 1.19. The van der Waals surface area contributed by atoms with E-state index in [1.165, 1.54) is 24.3 Å². The van der Waals surface area contributed by atoms with Crippen molar-refractivity contribution in [1.29, 1.82) is 5.26 Å². The standard InChI is InChI=1S/C10H11N5O2S/c11-8-9-2-4-10(5-3-9)18(16,17)14-7-1-6-13-15-12/h2-5,14H,1,6-7H2. The summed E-state index contributed by atoms with van der Waals surface area (Å²) in [6.07, 6.45) is 0.430. The molecule has 0 aliphatic rings. The van der Waals surface area contributed by atoms with Crippen LogP contribution >= 0.6 is 0 Å². The van der Waals surface area contributed by atoms with Crippen molar-refractivity contribution in [2.75, 3.05) is 13.1 Å². The molecular weight excluding hydrogens is 254 g/mol. The highest BCUT2D eigenvalue weighted by atomic mass is 32.2. The van der Waals surface area contributed by atoms with Gasteiger partial charge in [-0.25, -0.2) is 13.1 Å². The van der Waals surface area contributed by atoms with Gasteiger partial charge in [-0.1, -0.05) is 5.11 Å². The van der Waals surface area contributed by atoms with E-state index in [0.717, 1.165) is 0 Å². The zero-order valence-corrected chi connectivity index (χ0v) is 10.3. The minimum Gasteiger partial charge on any atom is -0.211 e. The Morgan fingerprint density at radius 1 is 1.39 bits per heavy atom. The third kappa shape index (κ3) is 4.07. The van der Waals surface area contributed by atoms with E-state index in [9.17, 15) is 8.42 Å². The lowest BCUT2D eigenvalue weighted by molar-refractivity contribution is 0.579. The lowest BCUT2D eigenvalue weighted by Gasteiger charge is -2.05. The van der Waals surface area contributed by atoms with E-state index in [1.54, 1.807) is 0 Å². The number of hydrogen-bond acceptors (Lipinski definition) is 4. The van der Waals surface area contributed by atoms with E-state index in [1.807, 2.05) is 6.07 Å². The predicted octanol–water partition coefficient (Wildman–Crippen LogP) is 1.54. The number of azide groups is 1. The summed E-state index contributed by atoms with van der Waals surface area (Å²) >= 11 is 0. The smallest absolute Gasteiger partial charge is 0.211 e. The molecule has 0 fully saturated rings. The normalized spacial score (nSPS) is 10.4. The van der Waals surface area contributed by atoms with Crippen LogP contribution in [0.1, 0.15) is 12.0 Å². The van der Waals surface area contributed by atoms with Gasteiger partial charge in [0.25, 0.3) is 0 Å². The van der Waals surface area contributed by atoms with E-state index in [4.69, 9.17) is 10.8 Å². The van der Waals surface area contributed by atoms with Crippen molar-refractivity contribution in [1.82, 2.24) is 4.72 Å². The number of nitrogens with one attached hydrogen (secondary N) is 1. The van der Waals surface area contributed by atoms with Crippen LogP contribution in [0.3, 0.4) is 0 Å². The van der Waals surface area contributed by atoms with E-state index in [0.29, 0.717) is 12.0 Å². The number of rotatable bonds is 6. The van der Waals surface area contributed by atoms with Crippen molar-refractivity contribution in [2.24, 2.45) is 5.11 Å². The minimum atomic E-state index is -3.57. The van der Waals surface area contributed by atoms with Crippen LogP contribution < -0.4 is 4.72 Å². The van der Waals surface area contributed by atoms with E-state index < -0.39 is 10.0 Å². The fourth-order valence-corrected chi connectivity index (χ4v) is 2.27. The van der Waals surface area contributed by atoms with Crippen LogP contribution in [-0.2, 0) is 10.0 Å². The molecule has 0 amide bonds. The Balaban J connectivity index is 2.62. The maximum Gasteiger partial charge on any atom is 0.240 e. The van der Waals surface area contributed by atoms with Crippen LogP contribution in [0, 0.1) is 11.3 Å². The average molecular weight is 265 g/mol. The van der Waals surface area contributed by atoms with Crippen molar-refractivity contribution >= 4 is 10.0 Å². The maximum absolute atomic E-state index is 11.8. The molecule has 0 aromatic heterocycles. The Bertz CT molecular complexity index is 582. The molecule has 0 saturated carbocycles. The quantitative estimate of drug-likeness (QED) is 0.363. The number of hydrogen-bond donors (Lipinski definition) is 1. The number of nitriles is 1. The van der Waals surface area contributed by atoms with Gasteiger partial charge in [-0.05, 0) is 36.2 Å². The third-order valence-electron chi connectivity index (χ3n) is 2.08. The van der Waals surface area contributed by atoms with Gasteiger partial charge in [0, 0.05) is 18.0 Å². The summed E-state index contributed by atoms with van der Waals surface area (Å²) in [5.41, 5.74) is 8.45. The Labute approximate surface area is 105 Å². The SMILES string of the molecule is N#Cc1ccc(S(=O)(=O)NCCCN=[N+]=[N-])cc1. The van der Waals surface area contributed by atoms with E-state index in [2.05, 4.69) is 14.7 Å². The van der Waals surface area contributed by atoms with Gasteiger partial charge in [-0.15, -0.1) is 0 Å². The van der Waals surface area contributed by atoms with Gasteiger partial charge in [0.05, 0.1) is 16.5 Å². The molecule has 94 valence electrons. The lowest BCUT2D eigenvalue weighted by Crippen LogP contribution is -2.25. The summed E-state index contributed by atoms with van der Waals surface area (Å²) in [6.45, 7) is 0.438. The Morgan fingerprint density at radius 3 is 2.61 bits per heavy atom. The molecule has 8 heteroatoms. The van der Waals surface area contributed by atoms with Gasteiger partial charge >= 0.3 is 0 Å². The summed E-state index contributed by atoms with van der Waals surface area (Å²) in [7, 11) is -3.57. The number of benzene rings is 1. The first-order valence-electron chi connectivity index (χ1n) is 5.11. The summed E-state index contributed by atoms with van der Waals surface area (Å²) in [6, 6.07) is 7.53. The summed E-state index contributed by atoms with van der Waals surface area (Å²) in [5.74, 6) is 0. The second kappa shape index (κ2) is 6.61. The molecule has 0 heterocycles. The summed E-state index contributed by atoms with van der Waals surface area (Å²) < 4.78 is 25.9. The highest BCUT2D eigenvalue weighted by Crippen LogP contribution is 2.09. The molecular formula is C10H11N5O2S. The van der Waals surface area contributed by atoms with Crippen LogP contribution in [0.5, 0.6) is 0 Å². The molecule has 0 radical (unpaired) electrons. The molecule has 0 saturated heterocycles. The van der Waals surface area contributed by atoms with Crippen molar-refractivity contribution in [3.63, 3.8) is 0 Å². The molecule has 7 nitrogen and oxygen atoms in total. The number of nitrogens with zero attached hydrogens (tertiary/aromatic N) is 4. The molecule has 0 bridgehead atoms. The second-order valence-corrected chi connectivity index (χ2v) is 5.11. The van der Waals surface area contributed by atoms with Gasteiger partial charge in [0.1, 0.15) is 0 Å². The largest absolute Gasteiger partial charge is 0.240 e. The van der Waals surface area contributed by atoms with Crippen LogP contribution in [0.25, 0.3) is 10.4 Å². The first-order chi connectivity index (χ1) is 8.60. The van der Waals surface area contributed by atoms with Gasteiger partial charge < -0.3 is 0 Å². The van der Waals surface area contributed by atoms with Crippen LogP contribution in [0.2, 0.25) is 0 Å². The highest BCUT2D eigenvalue weighted by Gasteiger charge is 2.12. The topological polar surface area (TPSA) is 119 Å². The van der Waals surface area contributed by atoms with Crippen LogP contribution in [0.15, 0.2) is 34.3 Å². The van der Waals surface area contributed by atoms with Crippen molar-refractivity contribution in [2.45, 2.75) is 11.3 Å². The first-order valence-corrected chi connectivity index (χ1v) is 6.59. The van der Waals surface area contributed by atoms with Crippen molar-refractivity contribution in [3.05, 3.63) is 40.3 Å². The zero-order chi connectivity index (χ0) is 13.4. The molecule has 1 aromatic carbocycles. The van der Waals surface area contributed by atoms with E-state index >= 15 is 0 Å². The fraction of sp³-hybridized carbons (Fsp3) is 0.300. The number of sulfonamides is 1. The zero-order valence-electron chi connectivity index (χ0n) is 9.44. The maximum atomic E-state index is 11.8. The molecule has 1 aromatic rings. The molecule has 1 rings (SSSR count). The Hall–Kier alpha value is -2.07. The van der Waals surface area contributed by atoms with Gasteiger partial charge in [0.15, 0.2) is 0 Å². The Morgan fingerprint density at radius 2 is 2.06 bits per heavy atom. The van der Waals surface area contributed by atoms with Crippen molar-refractivity contribution < 1.29 is 8.42 Å². The molecule has 18 heavy (non-hydrogen) atoms. The van der Waals surface area contributed by atoms with Gasteiger partial charge in [0.2, 0.25) is 10.0 Å². The third-order valence-corrected chi connectivity index (χ3v) is 3.56. The molecule has 0 aliphatic carbocycles. The lowest BCUT2D eigenvalue weighted by atomic mass is 10.2. The van der Waals surface area contributed by atoms with Gasteiger partial charge in [-0.3, -0.25) is 0 Å². The first kappa shape index (κ1) is 14.0. The van der Waals surface area contributed by atoms with Crippen LogP contribution in [-0.4, -0.2) is 21.5 Å². The molecule has 0 atom stereocenters.